The minimum absolute atomic E-state index is 0.0323. The molecular weight excluding hydrogens is 500 g/mol. The second-order valence-corrected chi connectivity index (χ2v) is 11.2. The fourth-order valence-corrected chi connectivity index (χ4v) is 5.85. The number of thioether (sulfide) groups is 1. The normalized spacial score (nSPS) is 14.3. The van der Waals surface area contributed by atoms with Gasteiger partial charge in [-0.1, -0.05) is 96.7 Å². The maximum Gasteiger partial charge on any atom is 0.243 e. The molecule has 0 saturated heterocycles. The molecule has 2 amide bonds. The highest BCUT2D eigenvalue weighted by Crippen LogP contribution is 2.22. The van der Waals surface area contributed by atoms with Crippen LogP contribution in [0.15, 0.2) is 78.9 Å². The number of hydrogen-bond donors (Lipinski definition) is 1. The first-order chi connectivity index (χ1) is 18.0. The molecule has 3 aromatic rings. The number of halogens is 1. The van der Waals surface area contributed by atoms with Crippen molar-refractivity contribution in [1.82, 2.24) is 10.2 Å². The van der Waals surface area contributed by atoms with Gasteiger partial charge >= 0.3 is 0 Å². The maximum absolute atomic E-state index is 13.7. The van der Waals surface area contributed by atoms with Gasteiger partial charge in [0.25, 0.3) is 0 Å². The molecule has 1 aliphatic carbocycles. The average molecular weight is 535 g/mol. The number of amides is 2. The second-order valence-electron chi connectivity index (χ2n) is 9.83. The van der Waals surface area contributed by atoms with Gasteiger partial charge in [0.2, 0.25) is 11.8 Å². The van der Waals surface area contributed by atoms with Gasteiger partial charge < -0.3 is 10.2 Å². The number of carbonyl (C=O) groups excluding carboxylic acids is 2. The summed E-state index contributed by atoms with van der Waals surface area (Å²) in [6, 6.07) is 25.5. The molecule has 0 spiro atoms. The van der Waals surface area contributed by atoms with E-state index >= 15 is 0 Å². The molecule has 1 fully saturated rings. The van der Waals surface area contributed by atoms with Gasteiger partial charge in [-0.25, -0.2) is 0 Å². The predicted octanol–water partition coefficient (Wildman–Crippen LogP) is 6.58. The van der Waals surface area contributed by atoms with Gasteiger partial charge in [-0.05, 0) is 48.6 Å². The van der Waals surface area contributed by atoms with Crippen LogP contribution in [0.5, 0.6) is 0 Å². The van der Waals surface area contributed by atoms with Gasteiger partial charge in [-0.15, -0.1) is 11.8 Å². The molecule has 1 aliphatic rings. The van der Waals surface area contributed by atoms with Crippen LogP contribution in [0.3, 0.4) is 0 Å². The van der Waals surface area contributed by atoms with E-state index in [0.29, 0.717) is 29.5 Å². The zero-order valence-electron chi connectivity index (χ0n) is 21.4. The molecule has 6 heteroatoms. The van der Waals surface area contributed by atoms with Crippen LogP contribution in [0.2, 0.25) is 5.02 Å². The fourth-order valence-electron chi connectivity index (χ4n) is 4.78. The van der Waals surface area contributed by atoms with Crippen molar-refractivity contribution in [3.8, 4) is 0 Å². The summed E-state index contributed by atoms with van der Waals surface area (Å²) in [5.41, 5.74) is 4.31. The quantitative estimate of drug-likeness (QED) is 0.302. The molecule has 194 valence electrons. The monoisotopic (exact) mass is 534 g/mol. The molecule has 1 saturated carbocycles. The van der Waals surface area contributed by atoms with E-state index in [1.807, 2.05) is 73.7 Å². The summed E-state index contributed by atoms with van der Waals surface area (Å²) in [5.74, 6) is 0.883. The van der Waals surface area contributed by atoms with E-state index in [9.17, 15) is 9.59 Å². The Bertz CT molecular complexity index is 1160. The van der Waals surface area contributed by atoms with E-state index in [-0.39, 0.29) is 17.9 Å². The molecule has 4 rings (SSSR count). The highest BCUT2D eigenvalue weighted by atomic mass is 35.5. The Kier molecular flexibility index (Phi) is 10.1. The molecule has 1 N–H and O–H groups in total. The SMILES string of the molecule is Cc1ccc(CN(C(=O)CSCc2cccc(Cl)c2)C(Cc2ccccc2)C(=O)NC2CCCC2)cc1. The van der Waals surface area contributed by atoms with Crippen molar-refractivity contribution in [3.63, 3.8) is 0 Å². The van der Waals surface area contributed by atoms with E-state index in [1.54, 1.807) is 16.7 Å². The summed E-state index contributed by atoms with van der Waals surface area (Å²) in [6.07, 6.45) is 4.77. The third-order valence-electron chi connectivity index (χ3n) is 6.83. The van der Waals surface area contributed by atoms with E-state index in [1.165, 1.54) is 5.56 Å². The summed E-state index contributed by atoms with van der Waals surface area (Å²) in [4.78, 5) is 29.2. The molecule has 1 atom stereocenters. The second kappa shape index (κ2) is 13.7. The molecule has 0 aromatic heterocycles. The standard InChI is InChI=1S/C31H35ClN2O2S/c1-23-14-16-25(17-15-23)20-34(30(35)22-37-21-26-10-7-11-27(32)18-26)29(19-24-8-3-2-4-9-24)31(36)33-28-12-5-6-13-28/h2-4,7-11,14-18,28-29H,5-6,12-13,19-22H2,1H3,(H,33,36). The molecule has 37 heavy (non-hydrogen) atoms. The summed E-state index contributed by atoms with van der Waals surface area (Å²) in [6.45, 7) is 2.44. The summed E-state index contributed by atoms with van der Waals surface area (Å²) in [5, 5.41) is 3.95. The lowest BCUT2D eigenvalue weighted by atomic mass is 10.0. The van der Waals surface area contributed by atoms with Crippen molar-refractivity contribution in [1.29, 1.82) is 0 Å². The van der Waals surface area contributed by atoms with Crippen molar-refractivity contribution in [2.45, 2.75) is 63.4 Å². The third-order valence-corrected chi connectivity index (χ3v) is 8.05. The lowest BCUT2D eigenvalue weighted by molar-refractivity contribution is -0.139. The first-order valence-corrected chi connectivity index (χ1v) is 14.5. The van der Waals surface area contributed by atoms with Crippen LogP contribution in [0.1, 0.15) is 47.9 Å². The minimum atomic E-state index is -0.580. The average Bonchev–Trinajstić information content (AvgIpc) is 3.41. The van der Waals surface area contributed by atoms with Crippen LogP contribution >= 0.6 is 23.4 Å². The van der Waals surface area contributed by atoms with E-state index in [0.717, 1.165) is 42.4 Å². The van der Waals surface area contributed by atoms with Crippen molar-refractivity contribution < 1.29 is 9.59 Å². The van der Waals surface area contributed by atoms with Crippen molar-refractivity contribution in [2.75, 3.05) is 5.75 Å². The molecule has 3 aromatic carbocycles. The Balaban J connectivity index is 1.56. The maximum atomic E-state index is 13.7. The Hall–Kier alpha value is -2.76. The lowest BCUT2D eigenvalue weighted by Crippen LogP contribution is -2.52. The van der Waals surface area contributed by atoms with Gasteiger partial charge in [0.1, 0.15) is 6.04 Å². The zero-order valence-corrected chi connectivity index (χ0v) is 22.9. The highest BCUT2D eigenvalue weighted by Gasteiger charge is 2.32. The zero-order chi connectivity index (χ0) is 26.0. The minimum Gasteiger partial charge on any atom is -0.352 e. The van der Waals surface area contributed by atoms with Crippen LogP contribution in [0.4, 0.5) is 0 Å². The van der Waals surface area contributed by atoms with Crippen molar-refractivity contribution in [3.05, 3.63) is 106 Å². The van der Waals surface area contributed by atoms with Crippen LogP contribution in [0, 0.1) is 6.92 Å². The number of rotatable bonds is 11. The number of aryl methyl sites for hydroxylation is 1. The van der Waals surface area contributed by atoms with Gasteiger partial charge in [-0.3, -0.25) is 9.59 Å². The van der Waals surface area contributed by atoms with E-state index < -0.39 is 6.04 Å². The Morgan fingerprint density at radius 3 is 2.35 bits per heavy atom. The molecule has 0 radical (unpaired) electrons. The number of benzene rings is 3. The molecule has 0 heterocycles. The molecule has 1 unspecified atom stereocenters. The Morgan fingerprint density at radius 2 is 1.65 bits per heavy atom. The van der Waals surface area contributed by atoms with Gasteiger partial charge in [0.05, 0.1) is 5.75 Å². The fraction of sp³-hybridized carbons (Fsp3) is 0.355. The van der Waals surface area contributed by atoms with E-state index in [4.69, 9.17) is 11.6 Å². The van der Waals surface area contributed by atoms with Crippen molar-refractivity contribution >= 4 is 35.2 Å². The molecular formula is C31H35ClN2O2S. The first-order valence-electron chi connectivity index (χ1n) is 13.0. The van der Waals surface area contributed by atoms with E-state index in [2.05, 4.69) is 17.4 Å². The van der Waals surface area contributed by atoms with Crippen LogP contribution in [-0.2, 0) is 28.3 Å². The predicted molar refractivity (Wildman–Crippen MR) is 154 cm³/mol. The number of nitrogens with zero attached hydrogens (tertiary/aromatic N) is 1. The molecule has 0 aliphatic heterocycles. The van der Waals surface area contributed by atoms with Gasteiger partial charge in [-0.2, -0.15) is 0 Å². The first kappa shape index (κ1) is 27.3. The van der Waals surface area contributed by atoms with Crippen molar-refractivity contribution in [2.24, 2.45) is 0 Å². The van der Waals surface area contributed by atoms with Crippen LogP contribution < -0.4 is 5.32 Å². The Morgan fingerprint density at radius 1 is 0.946 bits per heavy atom. The summed E-state index contributed by atoms with van der Waals surface area (Å²) in [7, 11) is 0. The number of nitrogens with one attached hydrogen (secondary N) is 1. The largest absolute Gasteiger partial charge is 0.352 e. The van der Waals surface area contributed by atoms with Crippen LogP contribution in [-0.4, -0.2) is 34.6 Å². The smallest absolute Gasteiger partial charge is 0.243 e. The topological polar surface area (TPSA) is 49.4 Å². The van der Waals surface area contributed by atoms with Crippen LogP contribution in [0.25, 0.3) is 0 Å². The number of carbonyl (C=O) groups is 2. The number of hydrogen-bond acceptors (Lipinski definition) is 3. The van der Waals surface area contributed by atoms with Gasteiger partial charge in [0.15, 0.2) is 0 Å². The van der Waals surface area contributed by atoms with Gasteiger partial charge in [0, 0.05) is 29.8 Å². The molecule has 0 bridgehead atoms. The summed E-state index contributed by atoms with van der Waals surface area (Å²) < 4.78 is 0. The lowest BCUT2D eigenvalue weighted by Gasteiger charge is -2.32. The highest BCUT2D eigenvalue weighted by molar-refractivity contribution is 7.99. The summed E-state index contributed by atoms with van der Waals surface area (Å²) >= 11 is 7.68. The molecule has 4 nitrogen and oxygen atoms in total. The third kappa shape index (κ3) is 8.37. The Labute approximate surface area is 229 Å².